The lowest BCUT2D eigenvalue weighted by Gasteiger charge is -2.28. The zero-order chi connectivity index (χ0) is 9.97. The zero-order valence-corrected chi connectivity index (χ0v) is 8.25. The first-order valence-corrected chi connectivity index (χ1v) is 5.27. The van der Waals surface area contributed by atoms with Crippen molar-refractivity contribution in [3.05, 3.63) is 35.6 Å². The molecule has 2 rings (SSSR count). The van der Waals surface area contributed by atoms with Gasteiger partial charge < -0.3 is 5.73 Å². The van der Waals surface area contributed by atoms with E-state index in [-0.39, 0.29) is 11.9 Å². The summed E-state index contributed by atoms with van der Waals surface area (Å²) in [7, 11) is 0. The molecule has 1 aliphatic carbocycles. The highest BCUT2D eigenvalue weighted by Crippen LogP contribution is 2.34. The number of benzene rings is 1. The number of halogens is 1. The highest BCUT2D eigenvalue weighted by atomic mass is 19.1. The number of hydrogen-bond acceptors (Lipinski definition) is 1. The van der Waals surface area contributed by atoms with Gasteiger partial charge in [0.05, 0.1) is 0 Å². The fourth-order valence-electron chi connectivity index (χ4n) is 1.99. The van der Waals surface area contributed by atoms with Gasteiger partial charge >= 0.3 is 0 Å². The smallest absolute Gasteiger partial charge is 0.127 e. The van der Waals surface area contributed by atoms with Gasteiger partial charge in [-0.3, -0.25) is 0 Å². The normalized spacial score (nSPS) is 19.0. The molecule has 0 radical (unpaired) electrons. The summed E-state index contributed by atoms with van der Waals surface area (Å²) in [5, 5.41) is 0. The zero-order valence-electron chi connectivity index (χ0n) is 8.25. The molecule has 1 atom stereocenters. The van der Waals surface area contributed by atoms with Crippen molar-refractivity contribution in [1.82, 2.24) is 0 Å². The third kappa shape index (κ3) is 1.95. The molecule has 0 heterocycles. The first-order chi connectivity index (χ1) is 6.77. The molecule has 1 aromatic rings. The van der Waals surface area contributed by atoms with E-state index in [0.717, 1.165) is 12.3 Å². The molecular weight excluding hydrogens is 177 g/mol. The third-order valence-corrected chi connectivity index (χ3v) is 3.12. The first kappa shape index (κ1) is 9.66. The van der Waals surface area contributed by atoms with Gasteiger partial charge in [-0.15, -0.1) is 0 Å². The molecule has 2 heteroatoms. The molecular formula is C12H16FN. The molecule has 0 bridgehead atoms. The van der Waals surface area contributed by atoms with Crippen molar-refractivity contribution < 1.29 is 4.39 Å². The number of hydrogen-bond donors (Lipinski definition) is 1. The average Bonchev–Trinajstić information content (AvgIpc) is 2.12. The summed E-state index contributed by atoms with van der Waals surface area (Å²) in [6, 6.07) is 6.70. The Morgan fingerprint density at radius 3 is 2.64 bits per heavy atom. The van der Waals surface area contributed by atoms with Crippen LogP contribution in [0.1, 0.15) is 37.3 Å². The Bertz CT molecular complexity index is 307. The lowest BCUT2D eigenvalue weighted by Crippen LogP contribution is -2.20. The average molecular weight is 193 g/mol. The van der Waals surface area contributed by atoms with Crippen molar-refractivity contribution in [3.8, 4) is 0 Å². The molecule has 1 saturated carbocycles. The van der Waals surface area contributed by atoms with E-state index >= 15 is 0 Å². The van der Waals surface area contributed by atoms with Crippen molar-refractivity contribution >= 4 is 0 Å². The largest absolute Gasteiger partial charge is 0.324 e. The Balaban J connectivity index is 2.02. The van der Waals surface area contributed by atoms with E-state index in [0.29, 0.717) is 5.56 Å². The standard InChI is InChI=1S/C12H16FN/c13-11-7-2-1-6-10(11)12(14)8-9-4-3-5-9/h1-2,6-7,9,12H,3-5,8,14H2/t12-/m0/s1. The lowest BCUT2D eigenvalue weighted by atomic mass is 9.80. The summed E-state index contributed by atoms with van der Waals surface area (Å²) in [5.41, 5.74) is 6.63. The van der Waals surface area contributed by atoms with Gasteiger partial charge in [0.2, 0.25) is 0 Å². The molecule has 0 aliphatic heterocycles. The topological polar surface area (TPSA) is 26.0 Å². The highest BCUT2D eigenvalue weighted by Gasteiger charge is 2.22. The van der Waals surface area contributed by atoms with Crippen molar-refractivity contribution in [2.24, 2.45) is 11.7 Å². The van der Waals surface area contributed by atoms with Gasteiger partial charge in [-0.05, 0) is 18.4 Å². The lowest BCUT2D eigenvalue weighted by molar-refractivity contribution is 0.275. The summed E-state index contributed by atoms with van der Waals surface area (Å²) in [6.07, 6.45) is 4.78. The molecule has 0 spiro atoms. The minimum Gasteiger partial charge on any atom is -0.324 e. The summed E-state index contributed by atoms with van der Waals surface area (Å²) in [4.78, 5) is 0. The van der Waals surface area contributed by atoms with Crippen molar-refractivity contribution in [2.75, 3.05) is 0 Å². The Labute approximate surface area is 84.1 Å². The van der Waals surface area contributed by atoms with Gasteiger partial charge in [-0.25, -0.2) is 4.39 Å². The van der Waals surface area contributed by atoms with Gasteiger partial charge in [-0.2, -0.15) is 0 Å². The highest BCUT2D eigenvalue weighted by molar-refractivity contribution is 5.20. The molecule has 2 N–H and O–H groups in total. The fourth-order valence-corrected chi connectivity index (χ4v) is 1.99. The monoisotopic (exact) mass is 193 g/mol. The van der Waals surface area contributed by atoms with Gasteiger partial charge in [0, 0.05) is 11.6 Å². The molecule has 1 aliphatic rings. The van der Waals surface area contributed by atoms with Crippen LogP contribution in [0.15, 0.2) is 24.3 Å². The van der Waals surface area contributed by atoms with Gasteiger partial charge in [0.25, 0.3) is 0 Å². The molecule has 14 heavy (non-hydrogen) atoms. The van der Waals surface area contributed by atoms with Gasteiger partial charge in [0.15, 0.2) is 0 Å². The Morgan fingerprint density at radius 1 is 1.36 bits per heavy atom. The van der Waals surface area contributed by atoms with Crippen LogP contribution in [0.3, 0.4) is 0 Å². The third-order valence-electron chi connectivity index (χ3n) is 3.12. The van der Waals surface area contributed by atoms with Crippen LogP contribution in [-0.4, -0.2) is 0 Å². The summed E-state index contributed by atoms with van der Waals surface area (Å²) in [6.45, 7) is 0. The minimum absolute atomic E-state index is 0.124. The van der Waals surface area contributed by atoms with E-state index in [1.807, 2.05) is 6.07 Å². The maximum atomic E-state index is 13.3. The molecule has 0 amide bonds. The molecule has 0 unspecified atom stereocenters. The predicted molar refractivity (Wildman–Crippen MR) is 55.3 cm³/mol. The van der Waals surface area contributed by atoms with Crippen molar-refractivity contribution in [3.63, 3.8) is 0 Å². The number of nitrogens with two attached hydrogens (primary N) is 1. The molecule has 0 aromatic heterocycles. The second kappa shape index (κ2) is 4.09. The predicted octanol–water partition coefficient (Wildman–Crippen LogP) is 3.02. The van der Waals surface area contributed by atoms with Crippen LogP contribution >= 0.6 is 0 Å². The second-order valence-electron chi connectivity index (χ2n) is 4.16. The first-order valence-electron chi connectivity index (χ1n) is 5.27. The Kier molecular flexibility index (Phi) is 2.82. The van der Waals surface area contributed by atoms with E-state index in [9.17, 15) is 4.39 Å². The van der Waals surface area contributed by atoms with Crippen LogP contribution in [0.4, 0.5) is 4.39 Å². The van der Waals surface area contributed by atoms with Gasteiger partial charge in [-0.1, -0.05) is 37.5 Å². The molecule has 76 valence electrons. The van der Waals surface area contributed by atoms with Crippen molar-refractivity contribution in [1.29, 1.82) is 0 Å². The summed E-state index contributed by atoms with van der Waals surface area (Å²) < 4.78 is 13.3. The van der Waals surface area contributed by atoms with E-state index < -0.39 is 0 Å². The SMILES string of the molecule is N[C@@H](CC1CCC1)c1ccccc1F. The Morgan fingerprint density at radius 2 is 2.07 bits per heavy atom. The van der Waals surface area contributed by atoms with Crippen LogP contribution in [0, 0.1) is 11.7 Å². The van der Waals surface area contributed by atoms with Crippen LogP contribution in [0.2, 0.25) is 0 Å². The van der Waals surface area contributed by atoms with Crippen LogP contribution in [0.25, 0.3) is 0 Å². The van der Waals surface area contributed by atoms with Crippen LogP contribution < -0.4 is 5.73 Å². The van der Waals surface area contributed by atoms with Crippen LogP contribution in [-0.2, 0) is 0 Å². The van der Waals surface area contributed by atoms with E-state index in [1.165, 1.54) is 25.3 Å². The van der Waals surface area contributed by atoms with E-state index in [4.69, 9.17) is 5.73 Å². The molecule has 0 saturated heterocycles. The van der Waals surface area contributed by atoms with Gasteiger partial charge in [0.1, 0.15) is 5.82 Å². The fraction of sp³-hybridized carbons (Fsp3) is 0.500. The minimum atomic E-state index is -0.167. The van der Waals surface area contributed by atoms with E-state index in [2.05, 4.69) is 0 Å². The second-order valence-corrected chi connectivity index (χ2v) is 4.16. The number of rotatable bonds is 3. The molecule has 1 nitrogen and oxygen atoms in total. The van der Waals surface area contributed by atoms with E-state index in [1.54, 1.807) is 12.1 Å². The quantitative estimate of drug-likeness (QED) is 0.784. The molecule has 1 aromatic carbocycles. The summed E-state index contributed by atoms with van der Waals surface area (Å²) in [5.74, 6) is 0.559. The Hall–Kier alpha value is -0.890. The maximum Gasteiger partial charge on any atom is 0.127 e. The van der Waals surface area contributed by atoms with Crippen LogP contribution in [0.5, 0.6) is 0 Å². The van der Waals surface area contributed by atoms with Crippen molar-refractivity contribution in [2.45, 2.75) is 31.7 Å². The maximum absolute atomic E-state index is 13.3. The summed E-state index contributed by atoms with van der Waals surface area (Å²) >= 11 is 0. The molecule has 1 fully saturated rings.